The minimum atomic E-state index is -0.234. The summed E-state index contributed by atoms with van der Waals surface area (Å²) in [7, 11) is 0. The van der Waals surface area contributed by atoms with Crippen LogP contribution in [0.3, 0.4) is 0 Å². The van der Waals surface area contributed by atoms with Gasteiger partial charge in [-0.3, -0.25) is 9.59 Å². The second-order valence-electron chi connectivity index (χ2n) is 9.61. The molecule has 4 nitrogen and oxygen atoms in total. The number of aliphatic hydroxyl groups excluding tert-OH is 1. The number of carbonyl (C=O) groups is 2. The fourth-order valence-electron chi connectivity index (χ4n) is 7.28. The molecule has 26 heavy (non-hydrogen) atoms. The van der Waals surface area contributed by atoms with E-state index in [-0.39, 0.29) is 34.6 Å². The summed E-state index contributed by atoms with van der Waals surface area (Å²) in [6.45, 7) is 6.34. The van der Waals surface area contributed by atoms with Crippen LogP contribution in [-0.4, -0.2) is 29.6 Å². The zero-order valence-corrected chi connectivity index (χ0v) is 16.3. The van der Waals surface area contributed by atoms with E-state index in [1.807, 2.05) is 6.08 Å². The van der Waals surface area contributed by atoms with Gasteiger partial charge in [-0.1, -0.05) is 19.4 Å². The Labute approximate surface area is 156 Å². The van der Waals surface area contributed by atoms with Crippen molar-refractivity contribution in [3.63, 3.8) is 0 Å². The topological polar surface area (TPSA) is 63.6 Å². The largest absolute Gasteiger partial charge is 0.465 e. The predicted octanol–water partition coefficient (Wildman–Crippen LogP) is 3.67. The van der Waals surface area contributed by atoms with E-state index in [9.17, 15) is 14.7 Å². The molecule has 0 aliphatic heterocycles. The maximum atomic E-state index is 12.2. The average molecular weight is 360 g/mol. The number of esters is 1. The van der Waals surface area contributed by atoms with Crippen LogP contribution < -0.4 is 0 Å². The zero-order chi connectivity index (χ0) is 18.7. The minimum absolute atomic E-state index is 0.0404. The summed E-state index contributed by atoms with van der Waals surface area (Å²) in [6.07, 6.45) is 8.40. The molecule has 0 bridgehead atoms. The van der Waals surface area contributed by atoms with Gasteiger partial charge in [-0.15, -0.1) is 0 Å². The lowest BCUT2D eigenvalue weighted by Crippen LogP contribution is -2.56. The number of fused-ring (bicyclic) bond motifs is 5. The standard InChI is InChI=1S/C22H32O4/c1-13-10-16(24)11-15-4-5-17-18-6-7-20(25)21(18,3)9-8-19(17)22(13,15)12-26-14(2)23/h11,13,17-20,25H,4-10,12H2,1-3H3/t13-,17-,18-,19-,20-,21-,22-/m0/s1. The Morgan fingerprint density at radius 1 is 1.27 bits per heavy atom. The lowest BCUT2D eigenvalue weighted by Gasteiger charge is -2.60. The normalized spacial score (nSPS) is 47.5. The van der Waals surface area contributed by atoms with Gasteiger partial charge < -0.3 is 9.84 Å². The molecule has 0 aromatic rings. The molecule has 4 aliphatic rings. The van der Waals surface area contributed by atoms with Crippen molar-refractivity contribution < 1.29 is 19.4 Å². The molecule has 0 radical (unpaired) electrons. The van der Waals surface area contributed by atoms with Crippen LogP contribution in [0.25, 0.3) is 0 Å². The molecule has 0 unspecified atom stereocenters. The van der Waals surface area contributed by atoms with Gasteiger partial charge in [-0.2, -0.15) is 0 Å². The molecule has 0 saturated heterocycles. The van der Waals surface area contributed by atoms with Crippen LogP contribution in [0.1, 0.15) is 65.7 Å². The third-order valence-electron chi connectivity index (χ3n) is 8.63. The van der Waals surface area contributed by atoms with Crippen molar-refractivity contribution in [2.45, 2.75) is 71.8 Å². The predicted molar refractivity (Wildman–Crippen MR) is 98.2 cm³/mol. The van der Waals surface area contributed by atoms with Crippen molar-refractivity contribution in [3.05, 3.63) is 11.6 Å². The van der Waals surface area contributed by atoms with Crippen molar-refractivity contribution in [2.24, 2.45) is 34.5 Å². The number of rotatable bonds is 2. The van der Waals surface area contributed by atoms with E-state index in [0.29, 0.717) is 30.8 Å². The van der Waals surface area contributed by atoms with Gasteiger partial charge in [0.2, 0.25) is 0 Å². The summed E-state index contributed by atoms with van der Waals surface area (Å²) in [4.78, 5) is 23.9. The smallest absolute Gasteiger partial charge is 0.302 e. The molecule has 0 aromatic carbocycles. The van der Waals surface area contributed by atoms with E-state index in [0.717, 1.165) is 38.5 Å². The SMILES string of the molecule is CC(=O)OC[C@@]12C(=CC(=O)C[C@@H]1C)CC[C@H]1[C@@H]3CC[C@H](O)[C@@]3(C)CC[C@@H]12. The third kappa shape index (κ3) is 2.44. The Kier molecular flexibility index (Phi) is 4.33. The summed E-state index contributed by atoms with van der Waals surface area (Å²) >= 11 is 0. The second kappa shape index (κ2) is 6.19. The van der Waals surface area contributed by atoms with E-state index in [1.165, 1.54) is 12.5 Å². The fraction of sp³-hybridized carbons (Fsp3) is 0.818. The highest BCUT2D eigenvalue weighted by molar-refractivity contribution is 5.92. The van der Waals surface area contributed by atoms with Crippen LogP contribution in [0.4, 0.5) is 0 Å². The van der Waals surface area contributed by atoms with Gasteiger partial charge in [0.05, 0.1) is 6.10 Å². The van der Waals surface area contributed by atoms with Crippen molar-refractivity contribution in [3.8, 4) is 0 Å². The molecule has 1 N–H and O–H groups in total. The van der Waals surface area contributed by atoms with E-state index >= 15 is 0 Å². The monoisotopic (exact) mass is 360 g/mol. The number of ketones is 1. The first-order valence-corrected chi connectivity index (χ1v) is 10.3. The summed E-state index contributed by atoms with van der Waals surface area (Å²) in [6, 6.07) is 0. The first kappa shape index (κ1) is 18.2. The van der Waals surface area contributed by atoms with Gasteiger partial charge >= 0.3 is 5.97 Å². The number of ether oxygens (including phenoxy) is 1. The molecular formula is C22H32O4. The maximum Gasteiger partial charge on any atom is 0.302 e. The molecule has 0 aromatic heterocycles. The van der Waals surface area contributed by atoms with Gasteiger partial charge in [-0.25, -0.2) is 0 Å². The molecule has 3 fully saturated rings. The van der Waals surface area contributed by atoms with E-state index < -0.39 is 0 Å². The molecule has 0 spiro atoms. The molecule has 4 aliphatic carbocycles. The lowest BCUT2D eigenvalue weighted by atomic mass is 9.45. The molecule has 4 heteroatoms. The Morgan fingerprint density at radius 3 is 2.77 bits per heavy atom. The first-order valence-electron chi connectivity index (χ1n) is 10.3. The number of hydrogen-bond acceptors (Lipinski definition) is 4. The van der Waals surface area contributed by atoms with Gasteiger partial charge in [0.1, 0.15) is 6.61 Å². The fourth-order valence-corrected chi connectivity index (χ4v) is 7.28. The maximum absolute atomic E-state index is 12.2. The Balaban J connectivity index is 1.74. The molecule has 7 atom stereocenters. The van der Waals surface area contributed by atoms with Crippen molar-refractivity contribution in [2.75, 3.05) is 6.61 Å². The van der Waals surface area contributed by atoms with E-state index in [1.54, 1.807) is 0 Å². The van der Waals surface area contributed by atoms with Crippen molar-refractivity contribution in [1.29, 1.82) is 0 Å². The third-order valence-corrected chi connectivity index (χ3v) is 8.63. The minimum Gasteiger partial charge on any atom is -0.465 e. The summed E-state index contributed by atoms with van der Waals surface area (Å²) in [5.74, 6) is 1.76. The Morgan fingerprint density at radius 2 is 2.04 bits per heavy atom. The molecule has 3 saturated carbocycles. The summed E-state index contributed by atoms with van der Waals surface area (Å²) in [5.41, 5.74) is 1.08. The van der Waals surface area contributed by atoms with Gasteiger partial charge in [0.15, 0.2) is 5.78 Å². The van der Waals surface area contributed by atoms with Crippen LogP contribution in [-0.2, 0) is 14.3 Å². The number of hydrogen-bond donors (Lipinski definition) is 1. The van der Waals surface area contributed by atoms with Crippen LogP contribution in [0, 0.1) is 34.5 Å². The van der Waals surface area contributed by atoms with Crippen LogP contribution in [0.2, 0.25) is 0 Å². The summed E-state index contributed by atoms with van der Waals surface area (Å²) in [5, 5.41) is 10.6. The van der Waals surface area contributed by atoms with E-state index in [4.69, 9.17) is 4.74 Å². The summed E-state index contributed by atoms with van der Waals surface area (Å²) < 4.78 is 5.61. The molecule has 0 heterocycles. The van der Waals surface area contributed by atoms with Gasteiger partial charge in [0.25, 0.3) is 0 Å². The highest BCUT2D eigenvalue weighted by Gasteiger charge is 2.61. The highest BCUT2D eigenvalue weighted by atomic mass is 16.5. The molecule has 144 valence electrons. The van der Waals surface area contributed by atoms with Crippen LogP contribution in [0.15, 0.2) is 11.6 Å². The molecular weight excluding hydrogens is 328 g/mol. The molecule has 0 amide bonds. The lowest BCUT2D eigenvalue weighted by molar-refractivity contribution is -0.154. The van der Waals surface area contributed by atoms with Gasteiger partial charge in [0, 0.05) is 18.8 Å². The number of carbonyl (C=O) groups excluding carboxylic acids is 2. The second-order valence-corrected chi connectivity index (χ2v) is 9.61. The van der Waals surface area contributed by atoms with Crippen molar-refractivity contribution >= 4 is 11.8 Å². The Bertz CT molecular complexity index is 653. The van der Waals surface area contributed by atoms with Gasteiger partial charge in [-0.05, 0) is 73.7 Å². The van der Waals surface area contributed by atoms with Crippen LogP contribution in [0.5, 0.6) is 0 Å². The van der Waals surface area contributed by atoms with E-state index in [2.05, 4.69) is 13.8 Å². The first-order chi connectivity index (χ1) is 12.3. The quantitative estimate of drug-likeness (QED) is 0.763. The molecule has 4 rings (SSSR count). The van der Waals surface area contributed by atoms with Crippen LogP contribution >= 0.6 is 0 Å². The zero-order valence-electron chi connectivity index (χ0n) is 16.3. The Hall–Kier alpha value is -1.16. The number of aliphatic hydroxyl groups is 1. The average Bonchev–Trinajstić information content (AvgIpc) is 2.88. The highest BCUT2D eigenvalue weighted by Crippen LogP contribution is 2.66. The van der Waals surface area contributed by atoms with Crippen molar-refractivity contribution in [1.82, 2.24) is 0 Å².